The molecule has 0 radical (unpaired) electrons. The highest BCUT2D eigenvalue weighted by atomic mass is 35.5. The van der Waals surface area contributed by atoms with Crippen molar-refractivity contribution in [3.8, 4) is 0 Å². The van der Waals surface area contributed by atoms with Crippen molar-refractivity contribution < 1.29 is 4.79 Å². The zero-order chi connectivity index (χ0) is 10.8. The highest BCUT2D eigenvalue weighted by Crippen LogP contribution is 2.26. The van der Waals surface area contributed by atoms with Crippen molar-refractivity contribution in [2.75, 3.05) is 0 Å². The molecule has 1 aromatic carbocycles. The van der Waals surface area contributed by atoms with Gasteiger partial charge >= 0.3 is 0 Å². The fraction of sp³-hybridized carbons (Fsp3) is 0. The molecule has 1 N–H and O–H groups in total. The van der Waals surface area contributed by atoms with Gasteiger partial charge in [-0.3, -0.25) is 4.79 Å². The zero-order valence-corrected chi connectivity index (χ0v) is 9.88. The van der Waals surface area contributed by atoms with Crippen LogP contribution in [0.15, 0.2) is 29.2 Å². The van der Waals surface area contributed by atoms with Crippen molar-refractivity contribution in [3.63, 3.8) is 0 Å². The van der Waals surface area contributed by atoms with Crippen LogP contribution < -0.4 is 5.32 Å². The molecule has 76 valence electrons. The van der Waals surface area contributed by atoms with E-state index in [0.717, 1.165) is 22.2 Å². The van der Waals surface area contributed by atoms with E-state index in [9.17, 15) is 4.79 Å². The van der Waals surface area contributed by atoms with Gasteiger partial charge in [0, 0.05) is 5.02 Å². The van der Waals surface area contributed by atoms with Crippen molar-refractivity contribution in [2.45, 2.75) is 0 Å². The van der Waals surface area contributed by atoms with Crippen molar-refractivity contribution in [3.05, 3.63) is 39.8 Å². The summed E-state index contributed by atoms with van der Waals surface area (Å²) in [6, 6.07) is 7.35. The topological polar surface area (TPSA) is 29.1 Å². The molecule has 0 spiro atoms. The molecule has 5 heteroatoms. The van der Waals surface area contributed by atoms with E-state index in [1.165, 1.54) is 0 Å². The number of benzene rings is 1. The quantitative estimate of drug-likeness (QED) is 0.616. The first-order chi connectivity index (χ1) is 7.15. The summed E-state index contributed by atoms with van der Waals surface area (Å²) in [4.78, 5) is 12.3. The summed E-state index contributed by atoms with van der Waals surface area (Å²) in [5, 5.41) is 3.12. The Kier molecular flexibility index (Phi) is 3.09. The van der Waals surface area contributed by atoms with E-state index in [-0.39, 0.29) is 5.24 Å². The monoisotopic (exact) mass is 255 g/mol. The first-order valence-corrected chi connectivity index (χ1v) is 5.76. The van der Waals surface area contributed by atoms with Gasteiger partial charge in [-0.05, 0) is 35.5 Å². The summed E-state index contributed by atoms with van der Waals surface area (Å²) in [5.74, 6) is 0. The number of amides is 1. The van der Waals surface area contributed by atoms with Crippen LogP contribution in [-0.2, 0) is 0 Å². The van der Waals surface area contributed by atoms with Crippen molar-refractivity contribution in [2.24, 2.45) is 0 Å². The van der Waals surface area contributed by atoms with E-state index in [4.69, 9.17) is 23.8 Å². The van der Waals surface area contributed by atoms with Crippen LogP contribution in [0, 0.1) is 0 Å². The lowest BCUT2D eigenvalue weighted by molar-refractivity contribution is 0.265. The van der Waals surface area contributed by atoms with Crippen molar-refractivity contribution >= 4 is 51.9 Å². The Morgan fingerprint density at radius 3 is 2.53 bits per heavy atom. The van der Waals surface area contributed by atoms with Crippen LogP contribution in [0.2, 0.25) is 5.02 Å². The molecule has 1 aliphatic rings. The SMILES string of the molecule is O=C1NC(=S)/C(=C\c2ccc(Cl)cc2)S1. The lowest BCUT2D eigenvalue weighted by Gasteiger charge is -1.96. The molecule has 1 aliphatic heterocycles. The normalized spacial score (nSPS) is 18.3. The summed E-state index contributed by atoms with van der Waals surface area (Å²) in [6.07, 6.45) is 1.86. The maximum atomic E-state index is 11.0. The van der Waals surface area contributed by atoms with Crippen LogP contribution in [0.25, 0.3) is 6.08 Å². The summed E-state index contributed by atoms with van der Waals surface area (Å²) in [6.45, 7) is 0. The van der Waals surface area contributed by atoms with Crippen LogP contribution in [0.4, 0.5) is 4.79 Å². The lowest BCUT2D eigenvalue weighted by Crippen LogP contribution is -2.15. The molecule has 2 nitrogen and oxygen atoms in total. The second-order valence-corrected chi connectivity index (χ2v) is 4.76. The summed E-state index contributed by atoms with van der Waals surface area (Å²) in [5.41, 5.74) is 0.973. The van der Waals surface area contributed by atoms with Crippen LogP contribution >= 0.6 is 35.6 Å². The first kappa shape index (κ1) is 10.7. The Morgan fingerprint density at radius 1 is 1.33 bits per heavy atom. The van der Waals surface area contributed by atoms with Gasteiger partial charge in [0.25, 0.3) is 5.24 Å². The van der Waals surface area contributed by atoms with E-state index in [1.807, 2.05) is 18.2 Å². The van der Waals surface area contributed by atoms with E-state index < -0.39 is 0 Å². The molecule has 0 unspecified atom stereocenters. The van der Waals surface area contributed by atoms with Crippen LogP contribution in [-0.4, -0.2) is 10.2 Å². The molecule has 0 aliphatic carbocycles. The number of carbonyl (C=O) groups is 1. The number of hydrogen-bond acceptors (Lipinski definition) is 3. The maximum Gasteiger partial charge on any atom is 0.289 e. The van der Waals surface area contributed by atoms with E-state index in [1.54, 1.807) is 12.1 Å². The minimum atomic E-state index is -0.125. The van der Waals surface area contributed by atoms with Gasteiger partial charge < -0.3 is 5.32 Å². The Labute approximate surface area is 102 Å². The third-order valence-electron chi connectivity index (χ3n) is 1.81. The molecule has 1 fully saturated rings. The van der Waals surface area contributed by atoms with Gasteiger partial charge in [-0.15, -0.1) is 0 Å². The Hall–Kier alpha value is -0.840. The van der Waals surface area contributed by atoms with E-state index in [2.05, 4.69) is 5.32 Å². The molecule has 1 saturated heterocycles. The van der Waals surface area contributed by atoms with Crippen LogP contribution in [0.5, 0.6) is 0 Å². The van der Waals surface area contributed by atoms with E-state index >= 15 is 0 Å². The molecule has 0 aromatic heterocycles. The second-order valence-electron chi connectivity index (χ2n) is 2.90. The van der Waals surface area contributed by atoms with Gasteiger partial charge in [-0.25, -0.2) is 0 Å². The minimum Gasteiger partial charge on any atom is -0.307 e. The van der Waals surface area contributed by atoms with Crippen LogP contribution in [0.1, 0.15) is 5.56 Å². The van der Waals surface area contributed by atoms with E-state index in [0.29, 0.717) is 10.0 Å². The highest BCUT2D eigenvalue weighted by molar-refractivity contribution is 8.19. The molecule has 2 rings (SSSR count). The average molecular weight is 256 g/mol. The number of rotatable bonds is 1. The third-order valence-corrected chi connectivity index (χ3v) is 3.34. The highest BCUT2D eigenvalue weighted by Gasteiger charge is 2.21. The van der Waals surface area contributed by atoms with Crippen molar-refractivity contribution in [1.82, 2.24) is 5.32 Å². The average Bonchev–Trinajstić information content (AvgIpc) is 2.49. The van der Waals surface area contributed by atoms with Gasteiger partial charge in [0.1, 0.15) is 4.99 Å². The molecule has 1 heterocycles. The second kappa shape index (κ2) is 4.35. The zero-order valence-electron chi connectivity index (χ0n) is 7.49. The molecule has 0 bridgehead atoms. The molecule has 0 saturated carbocycles. The molecule has 0 atom stereocenters. The number of carbonyl (C=O) groups excluding carboxylic acids is 1. The van der Waals surface area contributed by atoms with Gasteiger partial charge in [0.15, 0.2) is 0 Å². The largest absolute Gasteiger partial charge is 0.307 e. The molecular weight excluding hydrogens is 250 g/mol. The Bertz CT molecular complexity index is 453. The minimum absolute atomic E-state index is 0.125. The van der Waals surface area contributed by atoms with Gasteiger partial charge in [-0.2, -0.15) is 0 Å². The molecule has 1 amide bonds. The fourth-order valence-corrected chi connectivity index (χ4v) is 2.29. The van der Waals surface area contributed by atoms with Crippen LogP contribution in [0.3, 0.4) is 0 Å². The van der Waals surface area contributed by atoms with Gasteiger partial charge in [0.2, 0.25) is 0 Å². The summed E-state index contributed by atoms with van der Waals surface area (Å²) >= 11 is 11.9. The Balaban J connectivity index is 2.27. The summed E-state index contributed by atoms with van der Waals surface area (Å²) < 4.78 is 0. The first-order valence-electron chi connectivity index (χ1n) is 4.15. The number of hydrogen-bond donors (Lipinski definition) is 1. The van der Waals surface area contributed by atoms with Gasteiger partial charge in [0.05, 0.1) is 4.91 Å². The number of nitrogens with one attached hydrogen (secondary N) is 1. The van der Waals surface area contributed by atoms with Gasteiger partial charge in [-0.1, -0.05) is 36.0 Å². The fourth-order valence-electron chi connectivity index (χ4n) is 1.13. The molecule has 15 heavy (non-hydrogen) atoms. The predicted octanol–water partition coefficient (Wildman–Crippen LogP) is 3.46. The smallest absolute Gasteiger partial charge is 0.289 e. The lowest BCUT2D eigenvalue weighted by atomic mass is 10.2. The van der Waals surface area contributed by atoms with Crippen molar-refractivity contribution in [1.29, 1.82) is 0 Å². The number of thioether (sulfide) groups is 1. The Morgan fingerprint density at radius 2 is 2.00 bits per heavy atom. The standard InChI is InChI=1S/C10H6ClNOS2/c11-7-3-1-6(2-4-7)5-8-9(14)12-10(13)15-8/h1-5H,(H,12,13,14)/b8-5+. The third kappa shape index (κ3) is 2.59. The number of halogens is 1. The molecular formula is C10H6ClNOS2. The molecule has 1 aromatic rings. The maximum absolute atomic E-state index is 11.0. The summed E-state index contributed by atoms with van der Waals surface area (Å²) in [7, 11) is 0. The predicted molar refractivity (Wildman–Crippen MR) is 68.1 cm³/mol. The number of thiocarbonyl (C=S) groups is 1.